The third-order valence-corrected chi connectivity index (χ3v) is 6.51. The van der Waals surface area contributed by atoms with Gasteiger partial charge in [0.2, 0.25) is 0 Å². The first-order chi connectivity index (χ1) is 13.0. The van der Waals surface area contributed by atoms with Crippen molar-refractivity contribution in [3.63, 3.8) is 0 Å². The molecule has 27 heavy (non-hydrogen) atoms. The molecule has 2 saturated carbocycles. The Kier molecular flexibility index (Phi) is 3.76. The highest BCUT2D eigenvalue weighted by Crippen LogP contribution is 2.68. The molecule has 1 saturated heterocycles. The molecule has 0 amide bonds. The van der Waals surface area contributed by atoms with Gasteiger partial charge in [-0.1, -0.05) is 6.92 Å². The van der Waals surface area contributed by atoms with Crippen LogP contribution in [0.15, 0.2) is 12.7 Å². The standard InChI is InChI=1S/C19H28N6O2/c1-4-5-21-8-11-6-19(11)7-12(14-15(19)27-18(2,3)26-14)25-10-24-13-16(20)22-9-23-17(13)25/h9-12,14-15,21H,4-8H2,1-3H3,(H2,20,22,23)/t11-,12+,14?,15?,19+/m0/s1. The minimum atomic E-state index is -0.560. The van der Waals surface area contributed by atoms with Gasteiger partial charge in [-0.25, -0.2) is 15.0 Å². The average Bonchev–Trinajstić information content (AvgIpc) is 2.90. The fourth-order valence-corrected chi connectivity index (χ4v) is 5.23. The Morgan fingerprint density at radius 1 is 1.26 bits per heavy atom. The van der Waals surface area contributed by atoms with Crippen LogP contribution < -0.4 is 11.1 Å². The maximum atomic E-state index is 6.41. The third kappa shape index (κ3) is 2.57. The predicted octanol–water partition coefficient (Wildman–Crippen LogP) is 1.88. The number of fused-ring (bicyclic) bond motifs is 3. The summed E-state index contributed by atoms with van der Waals surface area (Å²) in [5.74, 6) is 0.489. The molecule has 2 aromatic rings. The molecule has 5 atom stereocenters. The average molecular weight is 372 g/mol. The van der Waals surface area contributed by atoms with Crippen LogP contribution in [-0.4, -0.2) is 50.6 Å². The van der Waals surface area contributed by atoms with Crippen molar-refractivity contribution in [2.24, 2.45) is 11.3 Å². The summed E-state index contributed by atoms with van der Waals surface area (Å²) in [5, 5.41) is 3.58. The molecule has 0 aromatic carbocycles. The molecule has 2 aromatic heterocycles. The van der Waals surface area contributed by atoms with Gasteiger partial charge in [-0.2, -0.15) is 0 Å². The highest BCUT2D eigenvalue weighted by molar-refractivity contribution is 5.81. The normalized spacial score (nSPS) is 36.6. The van der Waals surface area contributed by atoms with Crippen molar-refractivity contribution in [2.75, 3.05) is 18.8 Å². The van der Waals surface area contributed by atoms with Gasteiger partial charge in [0.1, 0.15) is 17.9 Å². The minimum absolute atomic E-state index is 0.00441. The van der Waals surface area contributed by atoms with Crippen LogP contribution in [-0.2, 0) is 9.47 Å². The molecule has 146 valence electrons. The zero-order valence-corrected chi connectivity index (χ0v) is 16.2. The Hall–Kier alpha value is -1.77. The lowest BCUT2D eigenvalue weighted by atomic mass is 9.98. The first-order valence-corrected chi connectivity index (χ1v) is 9.94. The number of nitrogen functional groups attached to an aromatic ring is 1. The summed E-state index contributed by atoms with van der Waals surface area (Å²) in [7, 11) is 0. The first kappa shape index (κ1) is 17.3. The van der Waals surface area contributed by atoms with Gasteiger partial charge >= 0.3 is 0 Å². The second-order valence-corrected chi connectivity index (χ2v) is 8.71. The topological polar surface area (TPSA) is 100 Å². The van der Waals surface area contributed by atoms with Gasteiger partial charge in [-0.15, -0.1) is 0 Å². The summed E-state index contributed by atoms with van der Waals surface area (Å²) in [4.78, 5) is 13.0. The Morgan fingerprint density at radius 3 is 2.93 bits per heavy atom. The highest BCUT2D eigenvalue weighted by Gasteiger charge is 2.71. The van der Waals surface area contributed by atoms with E-state index in [1.54, 1.807) is 0 Å². The number of aromatic nitrogens is 4. The van der Waals surface area contributed by atoms with Gasteiger partial charge in [-0.05, 0) is 52.1 Å². The van der Waals surface area contributed by atoms with Gasteiger partial charge in [0.25, 0.3) is 0 Å². The van der Waals surface area contributed by atoms with Crippen molar-refractivity contribution in [2.45, 2.75) is 64.1 Å². The van der Waals surface area contributed by atoms with Crippen LogP contribution in [0.25, 0.3) is 11.2 Å². The van der Waals surface area contributed by atoms with Crippen LogP contribution in [0.2, 0.25) is 0 Å². The number of rotatable bonds is 5. The number of hydrogen-bond acceptors (Lipinski definition) is 7. The molecule has 2 unspecified atom stereocenters. The van der Waals surface area contributed by atoms with Crippen molar-refractivity contribution < 1.29 is 9.47 Å². The molecular weight excluding hydrogens is 344 g/mol. The molecule has 2 aliphatic carbocycles. The van der Waals surface area contributed by atoms with Gasteiger partial charge in [0, 0.05) is 5.41 Å². The van der Waals surface area contributed by atoms with Crippen molar-refractivity contribution in [1.82, 2.24) is 24.8 Å². The Morgan fingerprint density at radius 2 is 2.11 bits per heavy atom. The number of ether oxygens (including phenoxy) is 2. The molecule has 1 aliphatic heterocycles. The number of nitrogens with two attached hydrogens (primary N) is 1. The Bertz CT molecular complexity index is 867. The van der Waals surface area contributed by atoms with E-state index in [1.165, 1.54) is 12.7 Å². The van der Waals surface area contributed by atoms with E-state index in [9.17, 15) is 0 Å². The summed E-state index contributed by atoms with van der Waals surface area (Å²) in [6, 6.07) is 0.146. The van der Waals surface area contributed by atoms with Crippen LogP contribution in [0.1, 0.15) is 46.1 Å². The molecule has 3 fully saturated rings. The van der Waals surface area contributed by atoms with E-state index in [0.29, 0.717) is 17.3 Å². The lowest BCUT2D eigenvalue weighted by Crippen LogP contribution is -2.30. The van der Waals surface area contributed by atoms with Crippen LogP contribution in [0, 0.1) is 11.3 Å². The lowest BCUT2D eigenvalue weighted by molar-refractivity contribution is -0.162. The number of hydrogen-bond donors (Lipinski definition) is 2. The third-order valence-electron chi connectivity index (χ3n) is 6.51. The summed E-state index contributed by atoms with van der Waals surface area (Å²) in [6.07, 6.45) is 6.81. The van der Waals surface area contributed by atoms with Crippen LogP contribution in [0.4, 0.5) is 5.82 Å². The molecular formula is C19H28N6O2. The smallest absolute Gasteiger partial charge is 0.165 e. The summed E-state index contributed by atoms with van der Waals surface area (Å²) < 4.78 is 14.9. The molecule has 5 rings (SSSR count). The van der Waals surface area contributed by atoms with Crippen LogP contribution in [0.3, 0.4) is 0 Å². The zero-order chi connectivity index (χ0) is 18.8. The van der Waals surface area contributed by atoms with Crippen LogP contribution in [0.5, 0.6) is 0 Å². The van der Waals surface area contributed by atoms with E-state index < -0.39 is 5.79 Å². The van der Waals surface area contributed by atoms with E-state index in [2.05, 4.69) is 31.8 Å². The summed E-state index contributed by atoms with van der Waals surface area (Å²) in [5.41, 5.74) is 7.60. The van der Waals surface area contributed by atoms with Crippen molar-refractivity contribution in [3.8, 4) is 0 Å². The van der Waals surface area contributed by atoms with Crippen LogP contribution >= 0.6 is 0 Å². The number of nitrogens with one attached hydrogen (secondary N) is 1. The quantitative estimate of drug-likeness (QED) is 0.773. The lowest BCUT2D eigenvalue weighted by Gasteiger charge is -2.24. The monoisotopic (exact) mass is 372 g/mol. The van der Waals surface area contributed by atoms with Crippen molar-refractivity contribution >= 4 is 17.0 Å². The first-order valence-electron chi connectivity index (χ1n) is 9.94. The van der Waals surface area contributed by atoms with Gasteiger partial charge in [0.15, 0.2) is 17.3 Å². The predicted molar refractivity (Wildman–Crippen MR) is 101 cm³/mol. The molecule has 0 radical (unpaired) electrons. The molecule has 8 nitrogen and oxygen atoms in total. The van der Waals surface area contributed by atoms with Crippen molar-refractivity contribution in [3.05, 3.63) is 12.7 Å². The van der Waals surface area contributed by atoms with Gasteiger partial charge in [-0.3, -0.25) is 0 Å². The molecule has 1 spiro atoms. The molecule has 3 N–H and O–H groups in total. The fourth-order valence-electron chi connectivity index (χ4n) is 5.23. The molecule has 8 heteroatoms. The highest BCUT2D eigenvalue weighted by atomic mass is 16.8. The second kappa shape index (κ2) is 5.86. The van der Waals surface area contributed by atoms with Gasteiger partial charge in [0.05, 0.1) is 18.5 Å². The van der Waals surface area contributed by atoms with E-state index in [0.717, 1.165) is 31.6 Å². The number of imidazole rings is 1. The van der Waals surface area contributed by atoms with E-state index in [-0.39, 0.29) is 23.7 Å². The second-order valence-electron chi connectivity index (χ2n) is 8.71. The molecule has 0 bridgehead atoms. The summed E-state index contributed by atoms with van der Waals surface area (Å²) in [6.45, 7) is 8.33. The zero-order valence-electron chi connectivity index (χ0n) is 16.2. The maximum absolute atomic E-state index is 6.41. The van der Waals surface area contributed by atoms with E-state index in [1.807, 2.05) is 20.2 Å². The maximum Gasteiger partial charge on any atom is 0.165 e. The number of nitrogens with zero attached hydrogens (tertiary/aromatic N) is 4. The number of anilines is 1. The molecule has 3 heterocycles. The fraction of sp³-hybridized carbons (Fsp3) is 0.737. The van der Waals surface area contributed by atoms with E-state index >= 15 is 0 Å². The SMILES string of the molecule is CCCNC[C@@H]1C[C@@]12C[C@@H](n1cnc3c(N)ncnc31)C1OC(C)(C)OC12. The Labute approximate surface area is 158 Å². The Balaban J connectivity index is 1.48. The molecule has 3 aliphatic rings. The minimum Gasteiger partial charge on any atom is -0.382 e. The largest absolute Gasteiger partial charge is 0.382 e. The van der Waals surface area contributed by atoms with Gasteiger partial charge < -0.3 is 25.1 Å². The summed E-state index contributed by atoms with van der Waals surface area (Å²) >= 11 is 0. The van der Waals surface area contributed by atoms with Crippen molar-refractivity contribution in [1.29, 1.82) is 0 Å². The van der Waals surface area contributed by atoms with E-state index in [4.69, 9.17) is 15.2 Å².